The molecule has 0 saturated carbocycles. The van der Waals surface area contributed by atoms with Gasteiger partial charge in [-0.05, 0) is 86.1 Å². The van der Waals surface area contributed by atoms with E-state index in [0.717, 1.165) is 59.8 Å². The third kappa shape index (κ3) is 6.13. The van der Waals surface area contributed by atoms with Crippen molar-refractivity contribution in [3.05, 3.63) is 77.1 Å². The van der Waals surface area contributed by atoms with Gasteiger partial charge in [-0.15, -0.1) is 0 Å². The van der Waals surface area contributed by atoms with Crippen molar-refractivity contribution in [2.75, 3.05) is 25.0 Å². The average Bonchev–Trinajstić information content (AvgIpc) is 2.85. The third-order valence-corrected chi connectivity index (χ3v) is 6.52. The molecule has 1 aromatic heterocycles. The van der Waals surface area contributed by atoms with Crippen molar-refractivity contribution in [2.24, 2.45) is 0 Å². The second-order valence-corrected chi connectivity index (χ2v) is 9.18. The van der Waals surface area contributed by atoms with E-state index in [1.54, 1.807) is 0 Å². The number of benzene rings is 3. The van der Waals surface area contributed by atoms with Crippen LogP contribution in [0, 0.1) is 0 Å². The fourth-order valence-electron chi connectivity index (χ4n) is 4.23. The van der Waals surface area contributed by atoms with Crippen LogP contribution in [-0.2, 0) is 0 Å². The number of halogens is 1. The maximum Gasteiger partial charge on any atom is 0.154 e. The van der Waals surface area contributed by atoms with E-state index >= 15 is 0 Å². The molecule has 4 aromatic rings. The van der Waals surface area contributed by atoms with Gasteiger partial charge in [-0.25, -0.2) is 9.97 Å². The molecule has 0 saturated heterocycles. The van der Waals surface area contributed by atoms with Crippen molar-refractivity contribution in [1.29, 1.82) is 0 Å². The molecule has 0 aliphatic carbocycles. The first-order valence-corrected chi connectivity index (χ1v) is 12.6. The van der Waals surface area contributed by atoms with E-state index < -0.39 is 0 Å². The highest BCUT2D eigenvalue weighted by Gasteiger charge is 2.11. The molecule has 0 spiro atoms. The molecule has 0 amide bonds. The first kappa shape index (κ1) is 24.2. The van der Waals surface area contributed by atoms with Gasteiger partial charge in [0.2, 0.25) is 0 Å². The van der Waals surface area contributed by atoms with Crippen LogP contribution >= 0.6 is 11.6 Å². The highest BCUT2D eigenvalue weighted by atomic mass is 35.5. The smallest absolute Gasteiger partial charge is 0.154 e. The van der Waals surface area contributed by atoms with E-state index in [-0.39, 0.29) is 0 Å². The van der Waals surface area contributed by atoms with Crippen molar-refractivity contribution >= 4 is 51.2 Å². The number of aromatic nitrogens is 2. The fraction of sp³-hybridized carbons (Fsp3) is 0.310. The lowest BCUT2D eigenvalue weighted by Crippen LogP contribution is -2.25. The number of hydrogen-bond acceptors (Lipinski definition) is 4. The summed E-state index contributed by atoms with van der Waals surface area (Å²) in [5.74, 6) is 1.58. The van der Waals surface area contributed by atoms with Crippen LogP contribution < -0.4 is 5.32 Å². The highest BCUT2D eigenvalue weighted by Crippen LogP contribution is 2.27. The average molecular weight is 473 g/mol. The predicted molar refractivity (Wildman–Crippen MR) is 148 cm³/mol. The quantitative estimate of drug-likeness (QED) is 0.242. The number of nitrogens with one attached hydrogen (secondary N) is 1. The Bertz CT molecular complexity index is 1260. The van der Waals surface area contributed by atoms with E-state index in [0.29, 0.717) is 11.9 Å². The van der Waals surface area contributed by atoms with Crippen molar-refractivity contribution in [3.8, 4) is 0 Å². The minimum Gasteiger partial charge on any atom is -0.367 e. The van der Waals surface area contributed by atoms with Gasteiger partial charge in [0.1, 0.15) is 5.82 Å². The zero-order valence-electron chi connectivity index (χ0n) is 20.3. The third-order valence-electron chi connectivity index (χ3n) is 6.26. The van der Waals surface area contributed by atoms with E-state index in [2.05, 4.69) is 67.4 Å². The summed E-state index contributed by atoms with van der Waals surface area (Å²) in [5, 5.41) is 7.84. The van der Waals surface area contributed by atoms with Crippen LogP contribution in [0.3, 0.4) is 0 Å². The number of rotatable bonds is 10. The maximum absolute atomic E-state index is 6.02. The lowest BCUT2D eigenvalue weighted by atomic mass is 10.1. The summed E-state index contributed by atoms with van der Waals surface area (Å²) >= 11 is 6.02. The van der Waals surface area contributed by atoms with Gasteiger partial charge in [-0.1, -0.05) is 67.9 Å². The Balaban J connectivity index is 1.63. The van der Waals surface area contributed by atoms with Crippen molar-refractivity contribution in [3.63, 3.8) is 0 Å². The van der Waals surface area contributed by atoms with Crippen LogP contribution in [0.15, 0.2) is 60.7 Å². The molecule has 0 fully saturated rings. The molecule has 3 aromatic carbocycles. The Labute approximate surface area is 207 Å². The molecule has 4 nitrogen and oxygen atoms in total. The fourth-order valence-corrected chi connectivity index (χ4v) is 4.36. The molecule has 0 aliphatic heterocycles. The van der Waals surface area contributed by atoms with Crippen molar-refractivity contribution in [1.82, 2.24) is 14.9 Å². The van der Waals surface area contributed by atoms with Crippen LogP contribution in [0.4, 0.5) is 5.82 Å². The summed E-state index contributed by atoms with van der Waals surface area (Å²) in [7, 11) is 0. The van der Waals surface area contributed by atoms with Gasteiger partial charge in [0.15, 0.2) is 5.82 Å². The summed E-state index contributed by atoms with van der Waals surface area (Å²) in [5.41, 5.74) is 2.01. The summed E-state index contributed by atoms with van der Waals surface area (Å²) in [4.78, 5) is 12.2. The lowest BCUT2D eigenvalue weighted by molar-refractivity contribution is 0.295. The number of fused-ring (bicyclic) bond motifs is 2. The molecule has 176 valence electrons. The van der Waals surface area contributed by atoms with Crippen LogP contribution in [0.2, 0.25) is 5.02 Å². The van der Waals surface area contributed by atoms with E-state index in [9.17, 15) is 0 Å². The normalized spacial score (nSPS) is 12.7. The number of hydrogen-bond donors (Lipinski definition) is 1. The van der Waals surface area contributed by atoms with Gasteiger partial charge < -0.3 is 10.2 Å². The van der Waals surface area contributed by atoms with Gasteiger partial charge in [-0.2, -0.15) is 0 Å². The topological polar surface area (TPSA) is 41.0 Å². The molecule has 34 heavy (non-hydrogen) atoms. The van der Waals surface area contributed by atoms with Crippen LogP contribution in [-0.4, -0.2) is 40.5 Å². The molecule has 0 bridgehead atoms. The zero-order valence-corrected chi connectivity index (χ0v) is 21.0. The largest absolute Gasteiger partial charge is 0.367 e. The van der Waals surface area contributed by atoms with Gasteiger partial charge in [-0.3, -0.25) is 0 Å². The van der Waals surface area contributed by atoms with Crippen molar-refractivity contribution < 1.29 is 0 Å². The van der Waals surface area contributed by atoms with Crippen LogP contribution in [0.1, 0.15) is 45.0 Å². The van der Waals surface area contributed by atoms with Gasteiger partial charge in [0.25, 0.3) is 0 Å². The molecule has 0 aliphatic rings. The Morgan fingerprint density at radius 2 is 1.65 bits per heavy atom. The first-order valence-electron chi connectivity index (χ1n) is 12.2. The summed E-state index contributed by atoms with van der Waals surface area (Å²) in [6.07, 6.45) is 6.24. The van der Waals surface area contributed by atoms with Gasteiger partial charge in [0, 0.05) is 16.5 Å². The monoisotopic (exact) mass is 472 g/mol. The van der Waals surface area contributed by atoms with E-state index in [4.69, 9.17) is 21.6 Å². The Morgan fingerprint density at radius 3 is 2.35 bits per heavy atom. The van der Waals surface area contributed by atoms with Crippen LogP contribution in [0.25, 0.3) is 33.8 Å². The standard InChI is InChI=1S/C29H33ClN4/c1-4-34(5-2)18-8-9-21(3)31-29-26-19-23-10-6-7-11-24(23)20-27(26)32-28(33-29)17-14-22-12-15-25(30)16-13-22/h6-7,10-17,19-21H,4-5,8-9,18H2,1-3H3,(H,31,32,33). The minimum atomic E-state index is 0.313. The molecule has 1 N–H and O–H groups in total. The first-order chi connectivity index (χ1) is 16.6. The molecule has 1 unspecified atom stereocenters. The summed E-state index contributed by atoms with van der Waals surface area (Å²) in [6, 6.07) is 20.8. The predicted octanol–water partition coefficient (Wildman–Crippen LogP) is 7.53. The second-order valence-electron chi connectivity index (χ2n) is 8.75. The Hall–Kier alpha value is -2.95. The van der Waals surface area contributed by atoms with E-state index in [1.807, 2.05) is 36.4 Å². The maximum atomic E-state index is 6.02. The van der Waals surface area contributed by atoms with Crippen molar-refractivity contribution in [2.45, 2.75) is 39.7 Å². The minimum absolute atomic E-state index is 0.313. The molecule has 4 rings (SSSR count). The molecule has 1 atom stereocenters. The van der Waals surface area contributed by atoms with Gasteiger partial charge in [0.05, 0.1) is 5.52 Å². The Kier molecular flexibility index (Phi) is 8.15. The zero-order chi connectivity index (χ0) is 23.9. The molecule has 1 heterocycles. The second kappa shape index (κ2) is 11.5. The molecular weight excluding hydrogens is 440 g/mol. The number of nitrogens with zero attached hydrogens (tertiary/aromatic N) is 3. The van der Waals surface area contributed by atoms with Crippen LogP contribution in [0.5, 0.6) is 0 Å². The highest BCUT2D eigenvalue weighted by molar-refractivity contribution is 6.30. The summed E-state index contributed by atoms with van der Waals surface area (Å²) in [6.45, 7) is 10.0. The van der Waals surface area contributed by atoms with Gasteiger partial charge >= 0.3 is 0 Å². The van der Waals surface area contributed by atoms with E-state index in [1.165, 1.54) is 10.8 Å². The summed E-state index contributed by atoms with van der Waals surface area (Å²) < 4.78 is 0. The SMILES string of the molecule is CCN(CC)CCCC(C)Nc1nc(C=Cc2ccc(Cl)cc2)nc2cc3ccccc3cc12. The molecule has 5 heteroatoms. The Morgan fingerprint density at radius 1 is 0.941 bits per heavy atom. The lowest BCUT2D eigenvalue weighted by Gasteiger charge is -2.20. The molecule has 0 radical (unpaired) electrons. The number of anilines is 1. The molecular formula is C29H33ClN4.